The third-order valence-electron chi connectivity index (χ3n) is 1.74. The van der Waals surface area contributed by atoms with Gasteiger partial charge in [0.2, 0.25) is 0 Å². The van der Waals surface area contributed by atoms with Gasteiger partial charge in [-0.3, -0.25) is 0 Å². The second-order valence-electron chi connectivity index (χ2n) is 2.81. The normalized spacial score (nSPS) is 18.8. The molecule has 0 atom stereocenters. The van der Waals surface area contributed by atoms with E-state index in [1.807, 2.05) is 6.08 Å². The maximum Gasteiger partial charge on any atom is 0.107 e. The van der Waals surface area contributed by atoms with Gasteiger partial charge in [-0.05, 0) is 12.2 Å². The monoisotopic (exact) mass is 142 g/mol. The molecule has 1 aliphatic carbocycles. The fraction of sp³-hybridized carbons (Fsp3) is 0.500. The molecule has 0 aromatic carbocycles. The van der Waals surface area contributed by atoms with E-state index in [-0.39, 0.29) is 5.83 Å². The lowest BCUT2D eigenvalue weighted by Gasteiger charge is -2.12. The third kappa shape index (κ3) is 1.67. The van der Waals surface area contributed by atoms with Crippen molar-refractivity contribution in [3.8, 4) is 0 Å². The van der Waals surface area contributed by atoms with Crippen LogP contribution < -0.4 is 4.90 Å². The van der Waals surface area contributed by atoms with Gasteiger partial charge in [0.05, 0.1) is 14.1 Å². The summed E-state index contributed by atoms with van der Waals surface area (Å²) in [6.45, 7) is 0. The highest BCUT2D eigenvalue weighted by atomic mass is 19.1. The van der Waals surface area contributed by atoms with Crippen LogP contribution in [-0.2, 0) is 0 Å². The van der Waals surface area contributed by atoms with Gasteiger partial charge in [-0.25, -0.2) is 4.39 Å². The Kier molecular flexibility index (Phi) is 2.22. The quantitative estimate of drug-likeness (QED) is 0.548. The first kappa shape index (κ1) is 7.48. The van der Waals surface area contributed by atoms with Gasteiger partial charge in [0.15, 0.2) is 0 Å². The molecule has 0 radical (unpaired) electrons. The predicted molar refractivity (Wildman–Crippen MR) is 39.3 cm³/mol. The highest BCUT2D eigenvalue weighted by molar-refractivity contribution is 5.15. The minimum Gasteiger partial charge on any atom is -0.311 e. The highest BCUT2D eigenvalue weighted by Gasteiger charge is 2.09. The van der Waals surface area contributed by atoms with Crippen LogP contribution in [0, 0.1) is 0 Å². The number of allylic oxidation sites excluding steroid dienone is 4. The van der Waals surface area contributed by atoms with Crippen molar-refractivity contribution in [3.63, 3.8) is 0 Å². The van der Waals surface area contributed by atoms with Gasteiger partial charge in [-0.1, -0.05) is 0 Å². The fourth-order valence-corrected chi connectivity index (χ4v) is 1.03. The van der Waals surface area contributed by atoms with Crippen molar-refractivity contribution in [2.24, 2.45) is 0 Å². The van der Waals surface area contributed by atoms with Gasteiger partial charge in [-0.2, -0.15) is 0 Å². The number of nitrogens with one attached hydrogen (secondary N) is 1. The molecule has 0 amide bonds. The summed E-state index contributed by atoms with van der Waals surface area (Å²) >= 11 is 0. The second kappa shape index (κ2) is 2.97. The summed E-state index contributed by atoms with van der Waals surface area (Å²) in [6.07, 6.45) is 4.88. The molecular formula is C8H13FN+. The zero-order valence-electron chi connectivity index (χ0n) is 6.45. The standard InChI is InChI=1S/C8H12FN/c1-10(2)8-5-3-7(9)4-6-8/h3,5H,4,6H2,1-2H3/p+1. The van der Waals surface area contributed by atoms with Gasteiger partial charge in [0.1, 0.15) is 11.5 Å². The lowest BCUT2D eigenvalue weighted by Crippen LogP contribution is -3.03. The van der Waals surface area contributed by atoms with Crippen LogP contribution in [0.4, 0.5) is 4.39 Å². The lowest BCUT2D eigenvalue weighted by molar-refractivity contribution is -0.818. The van der Waals surface area contributed by atoms with Crippen LogP contribution >= 0.6 is 0 Å². The Bertz CT molecular complexity index is 180. The molecule has 0 bridgehead atoms. The topological polar surface area (TPSA) is 4.44 Å². The molecule has 0 fully saturated rings. The molecule has 0 aromatic heterocycles. The molecule has 0 saturated heterocycles. The Hall–Kier alpha value is -0.630. The second-order valence-corrected chi connectivity index (χ2v) is 2.81. The van der Waals surface area contributed by atoms with Gasteiger partial charge >= 0.3 is 0 Å². The number of hydrogen-bond acceptors (Lipinski definition) is 0. The summed E-state index contributed by atoms with van der Waals surface area (Å²) in [7, 11) is 4.12. The third-order valence-corrected chi connectivity index (χ3v) is 1.74. The zero-order valence-corrected chi connectivity index (χ0v) is 6.45. The average molecular weight is 142 g/mol. The van der Waals surface area contributed by atoms with Crippen molar-refractivity contribution in [3.05, 3.63) is 23.7 Å². The van der Waals surface area contributed by atoms with E-state index in [0.717, 1.165) is 6.42 Å². The molecule has 1 rings (SSSR count). The molecule has 10 heavy (non-hydrogen) atoms. The molecule has 1 nitrogen and oxygen atoms in total. The number of quaternary nitrogens is 1. The summed E-state index contributed by atoms with van der Waals surface area (Å²) in [5, 5.41) is 0. The Morgan fingerprint density at radius 1 is 1.30 bits per heavy atom. The molecule has 1 aliphatic rings. The van der Waals surface area contributed by atoms with E-state index in [9.17, 15) is 4.39 Å². The minimum atomic E-state index is 0.00463. The van der Waals surface area contributed by atoms with Crippen molar-refractivity contribution in [1.29, 1.82) is 0 Å². The lowest BCUT2D eigenvalue weighted by atomic mass is 10.1. The minimum absolute atomic E-state index is 0.00463. The summed E-state index contributed by atoms with van der Waals surface area (Å²) in [4.78, 5) is 1.30. The van der Waals surface area contributed by atoms with Gasteiger partial charge in [0, 0.05) is 12.8 Å². The average Bonchev–Trinajstić information content (AvgIpc) is 1.88. The molecule has 56 valence electrons. The van der Waals surface area contributed by atoms with Crippen LogP contribution in [-0.4, -0.2) is 14.1 Å². The zero-order chi connectivity index (χ0) is 7.56. The van der Waals surface area contributed by atoms with Crippen LogP contribution in [0.2, 0.25) is 0 Å². The molecule has 0 aliphatic heterocycles. The van der Waals surface area contributed by atoms with Crippen molar-refractivity contribution in [1.82, 2.24) is 0 Å². The molecule has 2 heteroatoms. The first-order valence-electron chi connectivity index (χ1n) is 3.56. The highest BCUT2D eigenvalue weighted by Crippen LogP contribution is 2.14. The molecule has 0 aromatic rings. The maximum absolute atomic E-state index is 12.4. The molecule has 1 N–H and O–H groups in total. The smallest absolute Gasteiger partial charge is 0.107 e. The summed E-state index contributed by atoms with van der Waals surface area (Å²) in [5.41, 5.74) is 1.28. The van der Waals surface area contributed by atoms with Crippen molar-refractivity contribution in [2.45, 2.75) is 12.8 Å². The molecule has 0 saturated carbocycles. The van der Waals surface area contributed by atoms with Crippen LogP contribution in [0.5, 0.6) is 0 Å². The van der Waals surface area contributed by atoms with E-state index < -0.39 is 0 Å². The molecule has 0 unspecified atom stereocenters. The largest absolute Gasteiger partial charge is 0.311 e. The molecular weight excluding hydrogens is 129 g/mol. The molecule has 0 heterocycles. The van der Waals surface area contributed by atoms with Gasteiger partial charge in [0.25, 0.3) is 0 Å². The number of rotatable bonds is 1. The van der Waals surface area contributed by atoms with E-state index >= 15 is 0 Å². The Balaban J connectivity index is 2.64. The van der Waals surface area contributed by atoms with Crippen LogP contribution in [0.3, 0.4) is 0 Å². The Morgan fingerprint density at radius 3 is 2.40 bits per heavy atom. The Labute approximate surface area is 60.8 Å². The summed E-state index contributed by atoms with van der Waals surface area (Å²) in [5.74, 6) is 0.00463. The summed E-state index contributed by atoms with van der Waals surface area (Å²) in [6, 6.07) is 0. The number of halogens is 1. The number of hydrogen-bond donors (Lipinski definition) is 1. The van der Waals surface area contributed by atoms with Crippen LogP contribution in [0.25, 0.3) is 0 Å². The SMILES string of the molecule is C[NH+](C)C1=CC=C(F)CC1. The first-order chi connectivity index (χ1) is 4.70. The van der Waals surface area contributed by atoms with E-state index in [4.69, 9.17) is 0 Å². The van der Waals surface area contributed by atoms with Crippen molar-refractivity contribution < 1.29 is 9.29 Å². The van der Waals surface area contributed by atoms with E-state index in [1.54, 1.807) is 6.08 Å². The first-order valence-corrected chi connectivity index (χ1v) is 3.56. The van der Waals surface area contributed by atoms with Crippen LogP contribution in [0.15, 0.2) is 23.7 Å². The van der Waals surface area contributed by atoms with Crippen LogP contribution in [0.1, 0.15) is 12.8 Å². The maximum atomic E-state index is 12.4. The van der Waals surface area contributed by atoms with E-state index in [0.29, 0.717) is 6.42 Å². The summed E-state index contributed by atoms with van der Waals surface area (Å²) < 4.78 is 12.4. The van der Waals surface area contributed by atoms with Gasteiger partial charge < -0.3 is 4.90 Å². The van der Waals surface area contributed by atoms with E-state index in [1.165, 1.54) is 10.6 Å². The molecule has 0 spiro atoms. The van der Waals surface area contributed by atoms with E-state index in [2.05, 4.69) is 14.1 Å². The van der Waals surface area contributed by atoms with Crippen molar-refractivity contribution >= 4 is 0 Å². The fourth-order valence-electron chi connectivity index (χ4n) is 1.03. The van der Waals surface area contributed by atoms with Gasteiger partial charge in [-0.15, -0.1) is 0 Å². The Morgan fingerprint density at radius 2 is 2.00 bits per heavy atom. The van der Waals surface area contributed by atoms with Crippen molar-refractivity contribution in [2.75, 3.05) is 14.1 Å². The predicted octanol–water partition coefficient (Wildman–Crippen LogP) is 0.662.